The zero-order valence-corrected chi connectivity index (χ0v) is 26.2. The number of halogens is 1. The molecule has 0 radical (unpaired) electrons. The second-order valence-corrected chi connectivity index (χ2v) is 14.6. The molecule has 4 nitrogen and oxygen atoms in total. The number of carbonyl (C=O) groups excluding carboxylic acids is 1. The lowest BCUT2D eigenvalue weighted by atomic mass is 9.45. The minimum atomic E-state index is -0.578. The van der Waals surface area contributed by atoms with Gasteiger partial charge in [0.1, 0.15) is 23.9 Å². The van der Waals surface area contributed by atoms with Crippen molar-refractivity contribution in [1.29, 1.82) is 0 Å². The van der Waals surface area contributed by atoms with Crippen LogP contribution in [0.2, 0.25) is 0 Å². The van der Waals surface area contributed by atoms with Crippen molar-refractivity contribution in [2.24, 2.45) is 22.7 Å². The van der Waals surface area contributed by atoms with Crippen LogP contribution in [0.5, 0.6) is 11.5 Å². The van der Waals surface area contributed by atoms with Crippen molar-refractivity contribution in [2.75, 3.05) is 6.61 Å². The maximum absolute atomic E-state index is 14.3. The molecule has 0 saturated heterocycles. The fourth-order valence-corrected chi connectivity index (χ4v) is 7.26. The third kappa shape index (κ3) is 6.05. The number of allylic oxidation sites excluding steroid dienone is 1. The van der Waals surface area contributed by atoms with Crippen molar-refractivity contribution in [2.45, 2.75) is 105 Å². The summed E-state index contributed by atoms with van der Waals surface area (Å²) < 4.78 is 20.0. The monoisotopic (exact) mass is 564 g/mol. The molecule has 41 heavy (non-hydrogen) atoms. The highest BCUT2D eigenvalue weighted by atomic mass is 19.1. The maximum atomic E-state index is 14.3. The van der Waals surface area contributed by atoms with Gasteiger partial charge in [-0.2, -0.15) is 0 Å². The van der Waals surface area contributed by atoms with Gasteiger partial charge < -0.3 is 14.9 Å². The summed E-state index contributed by atoms with van der Waals surface area (Å²) in [5, 5.41) is 23.0. The molecule has 0 heterocycles. The Morgan fingerprint density at radius 2 is 1.73 bits per heavy atom. The molecule has 4 atom stereocenters. The number of rotatable bonds is 10. The molecule has 1 saturated carbocycles. The van der Waals surface area contributed by atoms with Crippen molar-refractivity contribution >= 4 is 5.97 Å². The SMILES string of the molecule is CCCCC[C@@H](c1cccc(F)c1)C(C)(C)c1cc(O)c([C@H]2C=C(COC(=O)C(C)(C)C)[C@H]3C[C@@H]2C3(C)C)c(O)c1. The molecule has 2 aromatic rings. The quantitative estimate of drug-likeness (QED) is 0.172. The number of esters is 1. The summed E-state index contributed by atoms with van der Waals surface area (Å²) in [6.45, 7) is 16.6. The first-order chi connectivity index (χ1) is 19.1. The first kappa shape index (κ1) is 31.1. The Bertz CT molecular complexity index is 1280. The van der Waals surface area contributed by atoms with Crippen LogP contribution in [0.3, 0.4) is 0 Å². The molecule has 2 aromatic carbocycles. The lowest BCUT2D eigenvalue weighted by Crippen LogP contribution is -2.52. The molecule has 5 heteroatoms. The van der Waals surface area contributed by atoms with Crippen molar-refractivity contribution in [3.05, 3.63) is 70.6 Å². The first-order valence-electron chi connectivity index (χ1n) is 15.3. The van der Waals surface area contributed by atoms with E-state index in [4.69, 9.17) is 4.74 Å². The summed E-state index contributed by atoms with van der Waals surface area (Å²) in [6, 6.07) is 10.4. The predicted molar refractivity (Wildman–Crippen MR) is 163 cm³/mol. The average Bonchev–Trinajstić information content (AvgIpc) is 2.88. The van der Waals surface area contributed by atoms with Crippen LogP contribution in [0.4, 0.5) is 4.39 Å². The molecule has 2 bridgehead atoms. The lowest BCUT2D eigenvalue weighted by molar-refractivity contribution is -0.152. The molecule has 3 aliphatic carbocycles. The normalized spacial score (nSPS) is 22.5. The van der Waals surface area contributed by atoms with Gasteiger partial charge in [-0.3, -0.25) is 4.79 Å². The number of hydrogen-bond acceptors (Lipinski definition) is 4. The molecule has 0 spiro atoms. The largest absolute Gasteiger partial charge is 0.507 e. The number of carbonyl (C=O) groups is 1. The predicted octanol–water partition coefficient (Wildman–Crippen LogP) is 9.15. The van der Waals surface area contributed by atoms with Crippen LogP contribution in [0, 0.1) is 28.5 Å². The zero-order chi connectivity index (χ0) is 30.3. The summed E-state index contributed by atoms with van der Waals surface area (Å²) in [6.07, 6.45) is 7.13. The van der Waals surface area contributed by atoms with Crippen LogP contribution in [-0.2, 0) is 14.9 Å². The molecular weight excluding hydrogens is 515 g/mol. The molecular formula is C36H49FO4. The van der Waals surface area contributed by atoms with Gasteiger partial charge in [-0.05, 0) is 103 Å². The van der Waals surface area contributed by atoms with Crippen molar-refractivity contribution < 1.29 is 24.1 Å². The Labute approximate surface area is 246 Å². The topological polar surface area (TPSA) is 66.8 Å². The molecule has 0 unspecified atom stereocenters. The second kappa shape index (κ2) is 11.5. The maximum Gasteiger partial charge on any atom is 0.311 e. The zero-order valence-electron chi connectivity index (χ0n) is 26.2. The Hall–Kier alpha value is -2.82. The van der Waals surface area contributed by atoms with E-state index in [-0.39, 0.29) is 53.1 Å². The van der Waals surface area contributed by atoms with E-state index < -0.39 is 10.8 Å². The first-order valence-corrected chi connectivity index (χ1v) is 15.3. The molecule has 3 aliphatic rings. The molecule has 0 aliphatic heterocycles. The number of hydrogen-bond donors (Lipinski definition) is 2. The van der Waals surface area contributed by atoms with Crippen LogP contribution >= 0.6 is 0 Å². The van der Waals surface area contributed by atoms with Crippen LogP contribution in [0.25, 0.3) is 0 Å². The van der Waals surface area contributed by atoms with Gasteiger partial charge in [0.25, 0.3) is 0 Å². The smallest absolute Gasteiger partial charge is 0.311 e. The van der Waals surface area contributed by atoms with Crippen LogP contribution in [0.1, 0.15) is 116 Å². The average molecular weight is 565 g/mol. The number of aromatic hydroxyl groups is 2. The fourth-order valence-electron chi connectivity index (χ4n) is 7.26. The third-order valence-electron chi connectivity index (χ3n) is 10.0. The highest BCUT2D eigenvalue weighted by Crippen LogP contribution is 2.65. The van der Waals surface area contributed by atoms with E-state index in [0.717, 1.165) is 48.8 Å². The number of phenolic OH excluding ortho intramolecular Hbond substituents is 2. The van der Waals surface area contributed by atoms with E-state index in [9.17, 15) is 19.4 Å². The number of unbranched alkanes of at least 4 members (excludes halogenated alkanes) is 2. The highest BCUT2D eigenvalue weighted by molar-refractivity contribution is 5.75. The molecule has 0 amide bonds. The second-order valence-electron chi connectivity index (χ2n) is 14.6. The van der Waals surface area contributed by atoms with E-state index in [1.165, 1.54) is 6.07 Å². The molecule has 224 valence electrons. The van der Waals surface area contributed by atoms with Gasteiger partial charge in [0.15, 0.2) is 0 Å². The van der Waals surface area contributed by atoms with E-state index >= 15 is 0 Å². The summed E-state index contributed by atoms with van der Waals surface area (Å²) in [5.41, 5.74) is 2.27. The van der Waals surface area contributed by atoms with Gasteiger partial charge in [0.05, 0.1) is 5.41 Å². The number of benzene rings is 2. The van der Waals surface area contributed by atoms with Crippen molar-refractivity contribution in [1.82, 2.24) is 0 Å². The van der Waals surface area contributed by atoms with Gasteiger partial charge >= 0.3 is 5.97 Å². The van der Waals surface area contributed by atoms with E-state index in [2.05, 4.69) is 40.7 Å². The highest BCUT2D eigenvalue weighted by Gasteiger charge is 2.56. The number of fused-ring (bicyclic) bond motifs is 1. The minimum Gasteiger partial charge on any atom is -0.507 e. The van der Waals surface area contributed by atoms with Crippen molar-refractivity contribution in [3.63, 3.8) is 0 Å². The molecule has 0 aromatic heterocycles. The number of phenols is 2. The number of ether oxygens (including phenoxy) is 1. The van der Waals surface area contributed by atoms with Gasteiger partial charge in [-0.25, -0.2) is 4.39 Å². The molecule has 1 fully saturated rings. The van der Waals surface area contributed by atoms with Gasteiger partial charge in [0, 0.05) is 11.5 Å². The molecule has 5 rings (SSSR count). The summed E-state index contributed by atoms with van der Waals surface area (Å²) in [5.74, 6) is 0.0701. The Balaban J connectivity index is 1.69. The van der Waals surface area contributed by atoms with Crippen molar-refractivity contribution in [3.8, 4) is 11.5 Å². The van der Waals surface area contributed by atoms with Gasteiger partial charge in [-0.15, -0.1) is 0 Å². The third-order valence-corrected chi connectivity index (χ3v) is 10.0. The summed E-state index contributed by atoms with van der Waals surface area (Å²) >= 11 is 0. The summed E-state index contributed by atoms with van der Waals surface area (Å²) in [4.78, 5) is 12.5. The minimum absolute atomic E-state index is 0.0133. The Kier molecular flexibility index (Phi) is 8.70. The van der Waals surface area contributed by atoms with Gasteiger partial charge in [-0.1, -0.05) is 72.1 Å². The van der Waals surface area contributed by atoms with E-state index in [0.29, 0.717) is 11.5 Å². The van der Waals surface area contributed by atoms with E-state index in [1.54, 1.807) is 24.3 Å². The van der Waals surface area contributed by atoms with Gasteiger partial charge in [0.2, 0.25) is 0 Å². The lowest BCUT2D eigenvalue weighted by Gasteiger charge is -2.59. The Morgan fingerprint density at radius 3 is 2.29 bits per heavy atom. The molecule has 2 N–H and O–H groups in total. The van der Waals surface area contributed by atoms with Crippen LogP contribution < -0.4 is 0 Å². The summed E-state index contributed by atoms with van der Waals surface area (Å²) in [7, 11) is 0. The van der Waals surface area contributed by atoms with Crippen LogP contribution in [0.15, 0.2) is 48.0 Å². The fraction of sp³-hybridized carbons (Fsp3) is 0.583. The standard InChI is InChI=1S/C36H49FO4/c1-9-10-11-15-27(22-13-12-14-25(37)16-22)35(5,6)24-18-30(38)32(31(39)19-24)26-17-23(21-41-33(40)34(2,3)4)28-20-29(26)36(28,7)8/h12-14,16-19,26-29,38-39H,9-11,15,20-21H2,1-8H3/t26-,27-,28+,29-/m0/s1. The Morgan fingerprint density at radius 1 is 1.07 bits per heavy atom. The van der Waals surface area contributed by atoms with E-state index in [1.807, 2.05) is 26.8 Å². The van der Waals surface area contributed by atoms with Crippen LogP contribution in [-0.4, -0.2) is 22.8 Å².